The zero-order chi connectivity index (χ0) is 11.1. The van der Waals surface area contributed by atoms with Crippen molar-refractivity contribution in [1.82, 2.24) is 5.32 Å². The number of aliphatic hydroxyl groups excluding tert-OH is 1. The van der Waals surface area contributed by atoms with Crippen LogP contribution in [0, 0.1) is 0 Å². The fourth-order valence-electron chi connectivity index (χ4n) is 0.951. The minimum Gasteiger partial charge on any atom is -0.482 e. The lowest BCUT2D eigenvalue weighted by molar-refractivity contribution is -0.123. The molecule has 0 heterocycles. The predicted molar refractivity (Wildman–Crippen MR) is 57.0 cm³/mol. The Bertz CT molecular complexity index is 330. The lowest BCUT2D eigenvalue weighted by Gasteiger charge is -2.07. The third-order valence-corrected chi connectivity index (χ3v) is 1.94. The second-order valence-corrected chi connectivity index (χ2v) is 3.20. The van der Waals surface area contributed by atoms with Gasteiger partial charge >= 0.3 is 0 Å². The van der Waals surface area contributed by atoms with E-state index in [0.717, 1.165) is 0 Å². The molecule has 1 aromatic carbocycles. The summed E-state index contributed by atoms with van der Waals surface area (Å²) in [6.45, 7) is 0.0340. The molecule has 0 aliphatic heterocycles. The Morgan fingerprint density at radius 3 is 2.87 bits per heavy atom. The first kappa shape index (κ1) is 11.8. The van der Waals surface area contributed by atoms with E-state index in [2.05, 4.69) is 5.32 Å². The Kier molecular flexibility index (Phi) is 4.93. The number of carbonyl (C=O) groups is 1. The molecule has 1 rings (SSSR count). The maximum atomic E-state index is 11.1. The molecule has 0 spiro atoms. The third kappa shape index (κ3) is 4.18. The second-order valence-electron chi connectivity index (χ2n) is 2.79. The Morgan fingerprint density at radius 2 is 2.20 bits per heavy atom. The quantitative estimate of drug-likeness (QED) is 0.786. The topological polar surface area (TPSA) is 58.6 Å². The largest absolute Gasteiger partial charge is 0.482 e. The zero-order valence-electron chi connectivity index (χ0n) is 8.07. The Labute approximate surface area is 92.8 Å². The molecule has 4 nitrogen and oxygen atoms in total. The summed E-state index contributed by atoms with van der Waals surface area (Å²) in [5, 5.41) is 11.4. The zero-order valence-corrected chi connectivity index (χ0v) is 8.83. The van der Waals surface area contributed by atoms with Crippen LogP contribution < -0.4 is 10.1 Å². The van der Waals surface area contributed by atoms with Crippen molar-refractivity contribution in [2.45, 2.75) is 0 Å². The normalized spacial score (nSPS) is 9.73. The summed E-state index contributed by atoms with van der Waals surface area (Å²) in [4.78, 5) is 11.1. The van der Waals surface area contributed by atoms with Crippen molar-refractivity contribution in [3.8, 4) is 5.75 Å². The maximum Gasteiger partial charge on any atom is 0.258 e. The Hall–Kier alpha value is -1.26. The fraction of sp³-hybridized carbons (Fsp3) is 0.300. The molecule has 0 radical (unpaired) electrons. The molecule has 2 N–H and O–H groups in total. The van der Waals surface area contributed by atoms with Gasteiger partial charge in [0.2, 0.25) is 0 Å². The highest BCUT2D eigenvalue weighted by atomic mass is 35.5. The van der Waals surface area contributed by atoms with Crippen molar-refractivity contribution < 1.29 is 14.6 Å². The monoisotopic (exact) mass is 229 g/mol. The summed E-state index contributed by atoms with van der Waals surface area (Å²) in [7, 11) is 0. The van der Waals surface area contributed by atoms with Crippen LogP contribution >= 0.6 is 11.6 Å². The van der Waals surface area contributed by atoms with Gasteiger partial charge < -0.3 is 15.2 Å². The van der Waals surface area contributed by atoms with E-state index in [9.17, 15) is 4.79 Å². The number of benzene rings is 1. The lowest BCUT2D eigenvalue weighted by Crippen LogP contribution is -2.31. The number of hydrogen-bond acceptors (Lipinski definition) is 3. The summed E-state index contributed by atoms with van der Waals surface area (Å²) in [6, 6.07) is 6.91. The average molecular weight is 230 g/mol. The van der Waals surface area contributed by atoms with Crippen LogP contribution in [-0.2, 0) is 4.79 Å². The second kappa shape index (κ2) is 6.27. The van der Waals surface area contributed by atoms with Crippen LogP contribution in [0.2, 0.25) is 5.02 Å². The van der Waals surface area contributed by atoms with Crippen molar-refractivity contribution in [2.75, 3.05) is 19.8 Å². The summed E-state index contributed by atoms with van der Waals surface area (Å²) in [5.74, 6) is 0.183. The molecule has 0 saturated carbocycles. The van der Waals surface area contributed by atoms with E-state index in [1.165, 1.54) is 0 Å². The van der Waals surface area contributed by atoms with E-state index in [1.807, 2.05) is 0 Å². The molecule has 15 heavy (non-hydrogen) atoms. The predicted octanol–water partition coefficient (Wildman–Crippen LogP) is 0.827. The van der Waals surface area contributed by atoms with Gasteiger partial charge in [0.25, 0.3) is 5.91 Å². The van der Waals surface area contributed by atoms with Crippen molar-refractivity contribution in [3.63, 3.8) is 0 Å². The summed E-state index contributed by atoms with van der Waals surface area (Å²) in [6.07, 6.45) is 0. The number of rotatable bonds is 5. The number of halogens is 1. The van der Waals surface area contributed by atoms with Gasteiger partial charge in [-0.2, -0.15) is 0 Å². The molecule has 1 amide bonds. The highest BCUT2D eigenvalue weighted by Crippen LogP contribution is 2.22. The highest BCUT2D eigenvalue weighted by Gasteiger charge is 2.03. The summed E-state index contributed by atoms with van der Waals surface area (Å²) < 4.78 is 5.17. The van der Waals surface area contributed by atoms with Crippen molar-refractivity contribution in [3.05, 3.63) is 29.3 Å². The summed E-state index contributed by atoms with van der Waals surface area (Å²) >= 11 is 5.82. The highest BCUT2D eigenvalue weighted by molar-refractivity contribution is 6.32. The molecule has 1 aromatic rings. The lowest BCUT2D eigenvalue weighted by atomic mass is 10.3. The SMILES string of the molecule is O=C(COc1ccccc1Cl)NCCO. The molecular formula is C10H12ClNO3. The molecule has 5 heteroatoms. The van der Waals surface area contributed by atoms with Crippen LogP contribution in [0.5, 0.6) is 5.75 Å². The van der Waals surface area contributed by atoms with Gasteiger partial charge in [-0.3, -0.25) is 4.79 Å². The third-order valence-electron chi connectivity index (χ3n) is 1.63. The van der Waals surface area contributed by atoms with Gasteiger partial charge in [-0.15, -0.1) is 0 Å². The van der Waals surface area contributed by atoms with E-state index in [0.29, 0.717) is 10.8 Å². The van der Waals surface area contributed by atoms with Crippen LogP contribution in [-0.4, -0.2) is 30.8 Å². The molecule has 0 unspecified atom stereocenters. The van der Waals surface area contributed by atoms with Gasteiger partial charge in [-0.25, -0.2) is 0 Å². The van der Waals surface area contributed by atoms with Crippen LogP contribution in [0.25, 0.3) is 0 Å². The number of para-hydroxylation sites is 1. The number of nitrogens with one attached hydrogen (secondary N) is 1. The Balaban J connectivity index is 2.37. The van der Waals surface area contributed by atoms with Crippen LogP contribution in [0.15, 0.2) is 24.3 Å². The van der Waals surface area contributed by atoms with Gasteiger partial charge in [0.1, 0.15) is 5.75 Å². The van der Waals surface area contributed by atoms with E-state index in [-0.39, 0.29) is 25.7 Å². The minimum atomic E-state index is -0.288. The number of carbonyl (C=O) groups excluding carboxylic acids is 1. The van der Waals surface area contributed by atoms with E-state index in [1.54, 1.807) is 24.3 Å². The van der Waals surface area contributed by atoms with Gasteiger partial charge in [0.15, 0.2) is 6.61 Å². The molecule has 0 atom stereocenters. The first-order valence-electron chi connectivity index (χ1n) is 4.49. The number of hydrogen-bond donors (Lipinski definition) is 2. The van der Waals surface area contributed by atoms with Crippen molar-refractivity contribution >= 4 is 17.5 Å². The number of ether oxygens (including phenoxy) is 1. The summed E-state index contributed by atoms with van der Waals surface area (Å²) in [5.41, 5.74) is 0. The standard InChI is InChI=1S/C10H12ClNO3/c11-8-3-1-2-4-9(8)15-7-10(14)12-5-6-13/h1-4,13H,5-7H2,(H,12,14). The number of amides is 1. The maximum absolute atomic E-state index is 11.1. The van der Waals surface area contributed by atoms with Crippen molar-refractivity contribution in [2.24, 2.45) is 0 Å². The molecule has 0 aliphatic rings. The molecule has 0 aliphatic carbocycles. The van der Waals surface area contributed by atoms with E-state index < -0.39 is 0 Å². The van der Waals surface area contributed by atoms with Gasteiger partial charge in [-0.05, 0) is 12.1 Å². The molecule has 0 aromatic heterocycles. The molecule has 82 valence electrons. The Morgan fingerprint density at radius 1 is 1.47 bits per heavy atom. The van der Waals surface area contributed by atoms with Gasteiger partial charge in [0, 0.05) is 6.54 Å². The first-order chi connectivity index (χ1) is 7.24. The fourth-order valence-corrected chi connectivity index (χ4v) is 1.14. The average Bonchev–Trinajstić information content (AvgIpc) is 2.25. The molecule has 0 saturated heterocycles. The van der Waals surface area contributed by atoms with Crippen LogP contribution in [0.4, 0.5) is 0 Å². The smallest absolute Gasteiger partial charge is 0.258 e. The van der Waals surface area contributed by atoms with Gasteiger partial charge in [0.05, 0.1) is 11.6 Å². The van der Waals surface area contributed by atoms with E-state index >= 15 is 0 Å². The minimum absolute atomic E-state index is 0.0855. The van der Waals surface area contributed by atoms with Crippen LogP contribution in [0.3, 0.4) is 0 Å². The van der Waals surface area contributed by atoms with Crippen molar-refractivity contribution in [1.29, 1.82) is 0 Å². The molecular weight excluding hydrogens is 218 g/mol. The van der Waals surface area contributed by atoms with Crippen LogP contribution in [0.1, 0.15) is 0 Å². The molecule has 0 bridgehead atoms. The number of aliphatic hydroxyl groups is 1. The van der Waals surface area contributed by atoms with Gasteiger partial charge in [-0.1, -0.05) is 23.7 Å². The molecule has 0 fully saturated rings. The first-order valence-corrected chi connectivity index (χ1v) is 4.86. The van der Waals surface area contributed by atoms with E-state index in [4.69, 9.17) is 21.4 Å².